The molecule has 0 bridgehead atoms. The lowest BCUT2D eigenvalue weighted by Gasteiger charge is -2.26. The van der Waals surface area contributed by atoms with Crippen LogP contribution in [0.4, 0.5) is 0 Å². The van der Waals surface area contributed by atoms with Crippen LogP contribution < -0.4 is 5.73 Å². The average Bonchev–Trinajstić information content (AvgIpc) is 2.79. The molecule has 0 radical (unpaired) electrons. The summed E-state index contributed by atoms with van der Waals surface area (Å²) in [5.74, 6) is -0.0769. The van der Waals surface area contributed by atoms with Gasteiger partial charge in [0, 0.05) is 19.0 Å². The van der Waals surface area contributed by atoms with Crippen LogP contribution in [-0.4, -0.2) is 37.6 Å². The molecule has 0 aliphatic carbocycles. The zero-order chi connectivity index (χ0) is 12.1. The topological polar surface area (TPSA) is 55.6 Å². The van der Waals surface area contributed by atoms with Gasteiger partial charge in [0.1, 0.15) is 6.04 Å². The lowest BCUT2D eigenvalue weighted by atomic mass is 10.2. The molecule has 2 atom stereocenters. The summed E-state index contributed by atoms with van der Waals surface area (Å²) in [6.45, 7) is 2.45. The van der Waals surface area contributed by atoms with Crippen LogP contribution >= 0.6 is 11.3 Å². The number of likely N-dealkylation sites (N-methyl/N-ethyl adjacent to an activating group) is 1. The normalized spacial score (nSPS) is 14.5. The van der Waals surface area contributed by atoms with Crippen LogP contribution in [0.1, 0.15) is 17.8 Å². The van der Waals surface area contributed by atoms with Gasteiger partial charge in [-0.3, -0.25) is 4.79 Å². The first kappa shape index (κ1) is 13.2. The highest BCUT2D eigenvalue weighted by atomic mass is 32.1. The van der Waals surface area contributed by atoms with Crippen molar-refractivity contribution in [3.63, 3.8) is 0 Å². The monoisotopic (exact) mass is 242 g/mol. The fourth-order valence-corrected chi connectivity index (χ4v) is 2.10. The number of hydrogen-bond donors (Lipinski definition) is 1. The lowest BCUT2D eigenvalue weighted by Crippen LogP contribution is -2.42. The molecule has 0 aromatic carbocycles. The van der Waals surface area contributed by atoms with Crippen molar-refractivity contribution in [3.05, 3.63) is 22.4 Å². The molecular formula is C11H18N2O2S. The average molecular weight is 242 g/mol. The van der Waals surface area contributed by atoms with Crippen molar-refractivity contribution in [3.8, 4) is 0 Å². The van der Waals surface area contributed by atoms with E-state index in [0.29, 0.717) is 6.61 Å². The molecule has 0 saturated heterocycles. The molecule has 1 aromatic heterocycles. The highest BCUT2D eigenvalue weighted by Crippen LogP contribution is 2.19. The number of methoxy groups -OCH3 is 1. The molecule has 1 rings (SSSR count). The molecule has 2 unspecified atom stereocenters. The van der Waals surface area contributed by atoms with E-state index in [9.17, 15) is 4.79 Å². The molecule has 0 spiro atoms. The SMILES string of the molecule is COCC(C)N(C)C(=O)C(N)c1cccs1. The standard InChI is InChI=1S/C11H18N2O2S/c1-8(7-15-3)13(2)11(14)10(12)9-5-4-6-16-9/h4-6,8,10H,7,12H2,1-3H3. The molecule has 2 N–H and O–H groups in total. The first-order valence-electron chi connectivity index (χ1n) is 5.12. The molecule has 0 aliphatic heterocycles. The van der Waals surface area contributed by atoms with Crippen molar-refractivity contribution >= 4 is 17.2 Å². The highest BCUT2D eigenvalue weighted by molar-refractivity contribution is 7.10. The Balaban J connectivity index is 2.63. The van der Waals surface area contributed by atoms with Gasteiger partial charge in [-0.2, -0.15) is 0 Å². The fourth-order valence-electron chi connectivity index (χ4n) is 1.38. The predicted molar refractivity (Wildman–Crippen MR) is 65.4 cm³/mol. The zero-order valence-electron chi connectivity index (χ0n) is 9.84. The van der Waals surface area contributed by atoms with Crippen LogP contribution in [0, 0.1) is 0 Å². The lowest BCUT2D eigenvalue weighted by molar-refractivity contribution is -0.134. The summed E-state index contributed by atoms with van der Waals surface area (Å²) < 4.78 is 5.01. The van der Waals surface area contributed by atoms with E-state index in [2.05, 4.69) is 0 Å². The number of nitrogens with zero attached hydrogens (tertiary/aromatic N) is 1. The number of nitrogens with two attached hydrogens (primary N) is 1. The Labute approximate surface area is 100 Å². The molecule has 1 heterocycles. The molecule has 0 aliphatic rings. The molecule has 90 valence electrons. The Kier molecular flexibility index (Phi) is 4.92. The second kappa shape index (κ2) is 5.98. The maximum atomic E-state index is 12.0. The van der Waals surface area contributed by atoms with Gasteiger partial charge in [0.15, 0.2) is 0 Å². The quantitative estimate of drug-likeness (QED) is 0.845. The first-order chi connectivity index (χ1) is 7.57. The summed E-state index contributed by atoms with van der Waals surface area (Å²) in [7, 11) is 3.37. The Hall–Kier alpha value is -0.910. The highest BCUT2D eigenvalue weighted by Gasteiger charge is 2.23. The molecule has 5 heteroatoms. The van der Waals surface area contributed by atoms with Gasteiger partial charge in [-0.15, -0.1) is 11.3 Å². The van der Waals surface area contributed by atoms with Gasteiger partial charge < -0.3 is 15.4 Å². The smallest absolute Gasteiger partial charge is 0.244 e. The molecule has 4 nitrogen and oxygen atoms in total. The Morgan fingerprint density at radius 3 is 2.88 bits per heavy atom. The number of ether oxygens (including phenoxy) is 1. The third-order valence-electron chi connectivity index (χ3n) is 2.53. The number of thiophene rings is 1. The second-order valence-electron chi connectivity index (χ2n) is 3.75. The van der Waals surface area contributed by atoms with E-state index in [0.717, 1.165) is 4.88 Å². The molecule has 1 amide bonds. The fraction of sp³-hybridized carbons (Fsp3) is 0.545. The van der Waals surface area contributed by atoms with Crippen LogP contribution in [0.15, 0.2) is 17.5 Å². The number of carbonyl (C=O) groups is 1. The first-order valence-corrected chi connectivity index (χ1v) is 6.00. The molecular weight excluding hydrogens is 224 g/mol. The second-order valence-corrected chi connectivity index (χ2v) is 4.73. The van der Waals surface area contributed by atoms with E-state index in [1.807, 2.05) is 24.4 Å². The summed E-state index contributed by atoms with van der Waals surface area (Å²) in [6.07, 6.45) is 0. The molecule has 0 fully saturated rings. The zero-order valence-corrected chi connectivity index (χ0v) is 10.7. The maximum Gasteiger partial charge on any atom is 0.244 e. The van der Waals surface area contributed by atoms with Gasteiger partial charge in [0.2, 0.25) is 5.91 Å². The Morgan fingerprint density at radius 2 is 2.38 bits per heavy atom. The van der Waals surface area contributed by atoms with Gasteiger partial charge in [0.25, 0.3) is 0 Å². The molecule has 0 saturated carbocycles. The third kappa shape index (κ3) is 3.04. The van der Waals surface area contributed by atoms with Gasteiger partial charge in [-0.05, 0) is 18.4 Å². The Bertz CT molecular complexity index is 327. The number of hydrogen-bond acceptors (Lipinski definition) is 4. The van der Waals surface area contributed by atoms with Crippen LogP contribution in [0.5, 0.6) is 0 Å². The van der Waals surface area contributed by atoms with Crippen LogP contribution in [0.2, 0.25) is 0 Å². The van der Waals surface area contributed by atoms with Crippen LogP contribution in [0.25, 0.3) is 0 Å². The summed E-state index contributed by atoms with van der Waals surface area (Å²) in [5, 5.41) is 1.92. The predicted octanol–water partition coefficient (Wildman–Crippen LogP) is 1.24. The maximum absolute atomic E-state index is 12.0. The third-order valence-corrected chi connectivity index (χ3v) is 3.49. The van der Waals surface area contributed by atoms with Crippen LogP contribution in [-0.2, 0) is 9.53 Å². The van der Waals surface area contributed by atoms with Crippen molar-refractivity contribution in [2.75, 3.05) is 20.8 Å². The van der Waals surface area contributed by atoms with E-state index in [1.54, 1.807) is 19.1 Å². The minimum atomic E-state index is -0.565. The summed E-state index contributed by atoms with van der Waals surface area (Å²) in [5.41, 5.74) is 5.90. The number of rotatable bonds is 5. The van der Waals surface area contributed by atoms with E-state index in [4.69, 9.17) is 10.5 Å². The minimum Gasteiger partial charge on any atom is -0.383 e. The van der Waals surface area contributed by atoms with E-state index in [1.165, 1.54) is 11.3 Å². The van der Waals surface area contributed by atoms with Gasteiger partial charge in [-0.25, -0.2) is 0 Å². The minimum absolute atomic E-state index is 0.0310. The number of amides is 1. The van der Waals surface area contributed by atoms with Gasteiger partial charge in [0.05, 0.1) is 12.6 Å². The van der Waals surface area contributed by atoms with Gasteiger partial charge >= 0.3 is 0 Å². The van der Waals surface area contributed by atoms with Crippen molar-refractivity contribution in [1.29, 1.82) is 0 Å². The Morgan fingerprint density at radius 1 is 1.69 bits per heavy atom. The molecule has 1 aromatic rings. The summed E-state index contributed by atoms with van der Waals surface area (Å²) >= 11 is 1.50. The summed E-state index contributed by atoms with van der Waals surface area (Å²) in [6, 6.07) is 3.24. The largest absolute Gasteiger partial charge is 0.383 e. The van der Waals surface area contributed by atoms with Gasteiger partial charge in [-0.1, -0.05) is 6.07 Å². The van der Waals surface area contributed by atoms with Crippen molar-refractivity contribution in [1.82, 2.24) is 4.90 Å². The summed E-state index contributed by atoms with van der Waals surface area (Å²) in [4.78, 5) is 14.5. The van der Waals surface area contributed by atoms with Crippen molar-refractivity contribution < 1.29 is 9.53 Å². The van der Waals surface area contributed by atoms with E-state index in [-0.39, 0.29) is 11.9 Å². The van der Waals surface area contributed by atoms with E-state index < -0.39 is 6.04 Å². The van der Waals surface area contributed by atoms with Crippen molar-refractivity contribution in [2.45, 2.75) is 19.0 Å². The number of carbonyl (C=O) groups excluding carboxylic acids is 1. The van der Waals surface area contributed by atoms with Crippen molar-refractivity contribution in [2.24, 2.45) is 5.73 Å². The van der Waals surface area contributed by atoms with Crippen LogP contribution in [0.3, 0.4) is 0 Å². The van der Waals surface area contributed by atoms with E-state index >= 15 is 0 Å². The molecule has 16 heavy (non-hydrogen) atoms.